The van der Waals surface area contributed by atoms with Gasteiger partial charge >= 0.3 is 0 Å². The molecule has 2 rings (SSSR count). The van der Waals surface area contributed by atoms with Crippen molar-refractivity contribution in [2.24, 2.45) is 5.92 Å². The number of amides is 1. The van der Waals surface area contributed by atoms with E-state index in [0.717, 1.165) is 35.8 Å². The monoisotopic (exact) mass is 339 g/mol. The van der Waals surface area contributed by atoms with Crippen LogP contribution in [0.4, 0.5) is 0 Å². The maximum absolute atomic E-state index is 12.4. The van der Waals surface area contributed by atoms with Crippen molar-refractivity contribution in [3.05, 3.63) is 29.8 Å². The third-order valence-corrected chi connectivity index (χ3v) is 5.96. The number of hydrogen-bond acceptors (Lipinski definition) is 4. The van der Waals surface area contributed by atoms with Gasteiger partial charge in [-0.2, -0.15) is 4.31 Å². The van der Waals surface area contributed by atoms with Crippen molar-refractivity contribution in [2.75, 3.05) is 33.2 Å². The molecule has 6 nitrogen and oxygen atoms in total. The lowest BCUT2D eigenvalue weighted by Gasteiger charge is -2.23. The van der Waals surface area contributed by atoms with Gasteiger partial charge in [-0.15, -0.1) is 0 Å². The molecular formula is C16H25N3O3S. The van der Waals surface area contributed by atoms with Crippen LogP contribution >= 0.6 is 0 Å². The Morgan fingerprint density at radius 2 is 1.87 bits per heavy atom. The van der Waals surface area contributed by atoms with Crippen LogP contribution in [0, 0.1) is 12.8 Å². The number of nitrogens with zero attached hydrogens (tertiary/aromatic N) is 1. The number of nitrogens with one attached hydrogen (secondary N) is 2. The molecule has 1 aliphatic rings. The van der Waals surface area contributed by atoms with Crippen LogP contribution in [-0.2, 0) is 14.8 Å². The summed E-state index contributed by atoms with van der Waals surface area (Å²) in [6.45, 7) is 4.29. The highest BCUT2D eigenvalue weighted by atomic mass is 32.2. The van der Waals surface area contributed by atoms with Gasteiger partial charge in [0.2, 0.25) is 15.9 Å². The number of likely N-dealkylation sites (N-methyl/N-ethyl adjacent to an activating group) is 1. The zero-order valence-electron chi connectivity index (χ0n) is 13.7. The van der Waals surface area contributed by atoms with Crippen molar-refractivity contribution in [2.45, 2.75) is 24.7 Å². The summed E-state index contributed by atoms with van der Waals surface area (Å²) in [6.07, 6.45) is 2.08. The van der Waals surface area contributed by atoms with Gasteiger partial charge in [-0.1, -0.05) is 17.7 Å². The lowest BCUT2D eigenvalue weighted by molar-refractivity contribution is -0.121. The van der Waals surface area contributed by atoms with E-state index in [1.807, 2.05) is 6.92 Å². The van der Waals surface area contributed by atoms with E-state index in [1.165, 1.54) is 7.05 Å². The van der Waals surface area contributed by atoms with Crippen LogP contribution in [0.1, 0.15) is 18.4 Å². The fourth-order valence-corrected chi connectivity index (χ4v) is 3.70. The molecule has 0 bridgehead atoms. The standard InChI is InChI=1S/C16H25N3O3S/c1-13-3-5-15(6-4-13)23(21,22)19(2)12-16(20)18-11-14-7-9-17-10-8-14/h3-6,14,17H,7-12H2,1-2H3,(H,18,20). The zero-order chi connectivity index (χ0) is 16.9. The maximum atomic E-state index is 12.4. The SMILES string of the molecule is Cc1ccc(S(=O)(=O)N(C)CC(=O)NCC2CCNCC2)cc1. The molecule has 7 heteroatoms. The fraction of sp³-hybridized carbons (Fsp3) is 0.562. The summed E-state index contributed by atoms with van der Waals surface area (Å²) in [5.41, 5.74) is 0.992. The van der Waals surface area contributed by atoms with Crippen LogP contribution in [0.5, 0.6) is 0 Å². The van der Waals surface area contributed by atoms with Crippen LogP contribution < -0.4 is 10.6 Å². The normalized spacial score (nSPS) is 16.5. The highest BCUT2D eigenvalue weighted by Gasteiger charge is 2.23. The van der Waals surface area contributed by atoms with E-state index < -0.39 is 10.0 Å². The number of carbonyl (C=O) groups excluding carboxylic acids is 1. The second-order valence-corrected chi connectivity index (χ2v) is 8.12. The molecule has 23 heavy (non-hydrogen) atoms. The van der Waals surface area contributed by atoms with Gasteiger partial charge in [-0.3, -0.25) is 4.79 Å². The predicted octanol–water partition coefficient (Wildman–Crippen LogP) is 0.731. The Labute approximate surface area is 138 Å². The number of carbonyl (C=O) groups is 1. The summed E-state index contributed by atoms with van der Waals surface area (Å²) in [5, 5.41) is 6.12. The van der Waals surface area contributed by atoms with E-state index in [-0.39, 0.29) is 17.3 Å². The van der Waals surface area contributed by atoms with Gasteiger partial charge in [-0.05, 0) is 50.9 Å². The lowest BCUT2D eigenvalue weighted by atomic mass is 9.98. The molecule has 1 amide bonds. The van der Waals surface area contributed by atoms with Gasteiger partial charge in [0.25, 0.3) is 0 Å². The quantitative estimate of drug-likeness (QED) is 0.801. The second-order valence-electron chi connectivity index (χ2n) is 6.07. The summed E-state index contributed by atoms with van der Waals surface area (Å²) in [6, 6.07) is 6.62. The Kier molecular flexibility index (Phi) is 6.15. The van der Waals surface area contributed by atoms with Crippen molar-refractivity contribution in [1.29, 1.82) is 0 Å². The Bertz CT molecular complexity index is 622. The van der Waals surface area contributed by atoms with Gasteiger partial charge in [0, 0.05) is 13.6 Å². The van der Waals surface area contributed by atoms with Gasteiger partial charge in [0.05, 0.1) is 11.4 Å². The lowest BCUT2D eigenvalue weighted by Crippen LogP contribution is -2.41. The molecule has 1 aromatic rings. The Balaban J connectivity index is 1.88. The first kappa shape index (κ1) is 17.9. The largest absolute Gasteiger partial charge is 0.355 e. The molecule has 1 aliphatic heterocycles. The van der Waals surface area contributed by atoms with Crippen molar-refractivity contribution in [3.63, 3.8) is 0 Å². The molecule has 0 spiro atoms. The van der Waals surface area contributed by atoms with Crippen molar-refractivity contribution in [3.8, 4) is 0 Å². The molecule has 0 aromatic heterocycles. The average Bonchev–Trinajstić information content (AvgIpc) is 2.54. The smallest absolute Gasteiger partial charge is 0.243 e. The molecule has 0 saturated carbocycles. The molecule has 1 aromatic carbocycles. The van der Waals surface area contributed by atoms with Crippen LogP contribution in [0.3, 0.4) is 0 Å². The molecule has 0 aliphatic carbocycles. The van der Waals surface area contributed by atoms with E-state index in [2.05, 4.69) is 10.6 Å². The first-order valence-corrected chi connectivity index (χ1v) is 9.34. The average molecular weight is 339 g/mol. The minimum Gasteiger partial charge on any atom is -0.355 e. The zero-order valence-corrected chi connectivity index (χ0v) is 14.5. The number of sulfonamides is 1. The van der Waals surface area contributed by atoms with Gasteiger partial charge in [0.15, 0.2) is 0 Å². The van der Waals surface area contributed by atoms with Crippen molar-refractivity contribution >= 4 is 15.9 Å². The number of hydrogen-bond donors (Lipinski definition) is 2. The number of benzene rings is 1. The van der Waals surface area contributed by atoms with E-state index >= 15 is 0 Å². The molecule has 0 radical (unpaired) electrons. The van der Waals surface area contributed by atoms with E-state index in [4.69, 9.17) is 0 Å². The highest BCUT2D eigenvalue weighted by molar-refractivity contribution is 7.89. The summed E-state index contributed by atoms with van der Waals surface area (Å²) in [7, 11) is -2.20. The minimum absolute atomic E-state index is 0.165. The summed E-state index contributed by atoms with van der Waals surface area (Å²) in [5.74, 6) is 0.209. The van der Waals surface area contributed by atoms with Crippen LogP contribution in [0.2, 0.25) is 0 Å². The molecule has 1 fully saturated rings. The highest BCUT2D eigenvalue weighted by Crippen LogP contribution is 2.15. The second kappa shape index (κ2) is 7.90. The number of aryl methyl sites for hydroxylation is 1. The summed E-state index contributed by atoms with van der Waals surface area (Å²) < 4.78 is 25.9. The van der Waals surface area contributed by atoms with Crippen LogP contribution in [0.15, 0.2) is 29.2 Å². The first-order chi connectivity index (χ1) is 10.9. The van der Waals surface area contributed by atoms with Crippen LogP contribution in [0.25, 0.3) is 0 Å². The van der Waals surface area contributed by atoms with E-state index in [9.17, 15) is 13.2 Å². The van der Waals surface area contributed by atoms with Gasteiger partial charge < -0.3 is 10.6 Å². The predicted molar refractivity (Wildman–Crippen MR) is 89.6 cm³/mol. The number of rotatable bonds is 6. The molecule has 1 saturated heterocycles. The minimum atomic E-state index is -3.63. The Morgan fingerprint density at radius 1 is 1.26 bits per heavy atom. The first-order valence-electron chi connectivity index (χ1n) is 7.90. The Morgan fingerprint density at radius 3 is 2.48 bits per heavy atom. The Hall–Kier alpha value is -1.44. The third-order valence-electron chi connectivity index (χ3n) is 4.14. The molecule has 2 N–H and O–H groups in total. The van der Waals surface area contributed by atoms with Crippen molar-refractivity contribution < 1.29 is 13.2 Å². The van der Waals surface area contributed by atoms with E-state index in [0.29, 0.717) is 12.5 Å². The third kappa shape index (κ3) is 5.02. The number of piperidine rings is 1. The molecular weight excluding hydrogens is 314 g/mol. The van der Waals surface area contributed by atoms with Crippen LogP contribution in [-0.4, -0.2) is 51.9 Å². The molecule has 0 unspecified atom stereocenters. The summed E-state index contributed by atoms with van der Waals surface area (Å²) >= 11 is 0. The van der Waals surface area contributed by atoms with Crippen molar-refractivity contribution in [1.82, 2.24) is 14.9 Å². The molecule has 128 valence electrons. The van der Waals surface area contributed by atoms with E-state index in [1.54, 1.807) is 24.3 Å². The van der Waals surface area contributed by atoms with Gasteiger partial charge in [0.1, 0.15) is 0 Å². The molecule has 1 heterocycles. The summed E-state index contributed by atoms with van der Waals surface area (Å²) in [4.78, 5) is 12.2. The topological polar surface area (TPSA) is 78.5 Å². The van der Waals surface area contributed by atoms with Gasteiger partial charge in [-0.25, -0.2) is 8.42 Å². The maximum Gasteiger partial charge on any atom is 0.243 e. The fourth-order valence-electron chi connectivity index (χ4n) is 2.58. The molecule has 0 atom stereocenters.